The molecule has 0 radical (unpaired) electrons. The third-order valence-corrected chi connectivity index (χ3v) is 14.7. The summed E-state index contributed by atoms with van der Waals surface area (Å²) in [6.07, 6.45) is 96.7. The van der Waals surface area contributed by atoms with Crippen LogP contribution in [-0.4, -0.2) is 37.2 Å². The Morgan fingerprint density at radius 1 is 0.256 bits per heavy atom. The normalized spacial score (nSPS) is 12.9. The molecule has 0 saturated heterocycles. The third-order valence-electron chi connectivity index (χ3n) is 14.7. The van der Waals surface area contributed by atoms with E-state index in [-0.39, 0.29) is 44.0 Å². The quantitative estimate of drug-likeness (QED) is 0.0261. The summed E-state index contributed by atoms with van der Waals surface area (Å²) in [6.45, 7) is 6.37. The van der Waals surface area contributed by atoms with E-state index >= 15 is 0 Å². The number of esters is 3. The monoisotopic (exact) mass is 1140 g/mol. The highest BCUT2D eigenvalue weighted by Crippen LogP contribution is 2.17. The average Bonchev–Trinajstić information content (AvgIpc) is 3.47. The molecule has 0 heterocycles. The molecule has 6 nitrogen and oxygen atoms in total. The Hall–Kier alpha value is -4.19. The van der Waals surface area contributed by atoms with Gasteiger partial charge in [0.25, 0.3) is 0 Å². The van der Waals surface area contributed by atoms with Crippen molar-refractivity contribution in [3.8, 4) is 0 Å². The zero-order chi connectivity index (χ0) is 59.2. The molecule has 468 valence electrons. The Morgan fingerprint density at radius 3 is 0.793 bits per heavy atom. The van der Waals surface area contributed by atoms with Crippen LogP contribution in [0, 0.1) is 0 Å². The van der Waals surface area contributed by atoms with Crippen LogP contribution in [0.2, 0.25) is 0 Å². The molecule has 0 fully saturated rings. The fourth-order valence-electron chi connectivity index (χ4n) is 9.63. The van der Waals surface area contributed by atoms with Gasteiger partial charge in [0, 0.05) is 19.3 Å². The largest absolute Gasteiger partial charge is 0.462 e. The molecule has 1 unspecified atom stereocenters. The SMILES string of the molecule is CC/C=C\C/C=C\C/C=C\C/C=C\C/C=C\CCCCCC(=O)OC(COC(=O)CCC/C=C\C/C=C\C/C=C\C/C=C\C/C=C\CC)COC(=O)CCCCCCCCCCCCCCCCCCCCCCCCCCCCCC. The molecule has 0 aliphatic rings. The molecule has 82 heavy (non-hydrogen) atoms. The molecular weight excluding hydrogens is 1010 g/mol. The molecule has 1 atom stereocenters. The van der Waals surface area contributed by atoms with Gasteiger partial charge in [-0.25, -0.2) is 0 Å². The van der Waals surface area contributed by atoms with Crippen molar-refractivity contribution in [2.45, 2.75) is 329 Å². The van der Waals surface area contributed by atoms with Crippen LogP contribution < -0.4 is 0 Å². The lowest BCUT2D eigenvalue weighted by Crippen LogP contribution is -2.30. The standard InChI is InChI=1S/C76H128O6/c1-4-7-10-13-16-19-22-25-28-31-33-34-35-36-37-38-39-40-41-43-45-48-51-54-57-60-63-66-69-75(78)81-72-73(71-80-74(77)68-65-62-59-56-53-50-47-44-30-27-24-21-18-15-12-9-6-3)82-76(79)70-67-64-61-58-55-52-49-46-42-32-29-26-23-20-17-14-11-8-5-2/h8-9,11-12,17-18,20-21,26-27,29-30,42,46-47,50,52,55-56,59,73H,4-7,10,13-16,19,22-25,28,31-41,43-45,48-49,51,53-54,57-58,60-72H2,1-3H3/b11-8-,12-9-,20-17-,21-18-,29-26-,30-27-,46-42-,50-47-,55-52-,59-56-. The first kappa shape index (κ1) is 77.8. The van der Waals surface area contributed by atoms with E-state index in [4.69, 9.17) is 14.2 Å². The number of hydrogen-bond donors (Lipinski definition) is 0. The zero-order valence-corrected chi connectivity index (χ0v) is 53.7. The second-order valence-electron chi connectivity index (χ2n) is 22.7. The maximum Gasteiger partial charge on any atom is 0.306 e. The van der Waals surface area contributed by atoms with E-state index in [1.54, 1.807) is 0 Å². The number of rotatable bonds is 62. The minimum atomic E-state index is -0.823. The molecule has 0 bridgehead atoms. The minimum Gasteiger partial charge on any atom is -0.462 e. The summed E-state index contributed by atoms with van der Waals surface area (Å²) in [6, 6.07) is 0. The Bertz CT molecular complexity index is 1690. The molecule has 0 aromatic carbocycles. The van der Waals surface area contributed by atoms with E-state index in [9.17, 15) is 14.4 Å². The van der Waals surface area contributed by atoms with Gasteiger partial charge in [-0.1, -0.05) is 322 Å². The first-order valence-corrected chi connectivity index (χ1v) is 34.5. The summed E-state index contributed by atoms with van der Waals surface area (Å²) in [4.78, 5) is 38.4. The van der Waals surface area contributed by atoms with Crippen LogP contribution in [0.5, 0.6) is 0 Å². The number of unbranched alkanes of at least 4 members (excludes halogenated alkanes) is 31. The summed E-state index contributed by atoms with van der Waals surface area (Å²) < 4.78 is 16.9. The van der Waals surface area contributed by atoms with Crippen molar-refractivity contribution in [3.05, 3.63) is 122 Å². The van der Waals surface area contributed by atoms with Crippen molar-refractivity contribution in [2.75, 3.05) is 13.2 Å². The molecule has 0 amide bonds. The fourth-order valence-corrected chi connectivity index (χ4v) is 9.63. The average molecular weight is 1140 g/mol. The molecule has 0 aromatic rings. The zero-order valence-electron chi connectivity index (χ0n) is 53.7. The Kier molecular flexibility index (Phi) is 65.8. The van der Waals surface area contributed by atoms with Crippen LogP contribution in [0.1, 0.15) is 323 Å². The van der Waals surface area contributed by atoms with Gasteiger partial charge in [0.1, 0.15) is 13.2 Å². The van der Waals surface area contributed by atoms with E-state index in [0.29, 0.717) is 19.3 Å². The molecule has 0 spiro atoms. The maximum atomic E-state index is 12.9. The van der Waals surface area contributed by atoms with Crippen LogP contribution >= 0.6 is 0 Å². The van der Waals surface area contributed by atoms with Crippen molar-refractivity contribution in [3.63, 3.8) is 0 Å². The second-order valence-corrected chi connectivity index (χ2v) is 22.7. The van der Waals surface area contributed by atoms with Gasteiger partial charge in [-0.15, -0.1) is 0 Å². The van der Waals surface area contributed by atoms with Crippen LogP contribution in [0.3, 0.4) is 0 Å². The summed E-state index contributed by atoms with van der Waals surface area (Å²) in [5, 5.41) is 0. The van der Waals surface area contributed by atoms with Gasteiger partial charge in [-0.05, 0) is 103 Å². The van der Waals surface area contributed by atoms with Crippen molar-refractivity contribution in [2.24, 2.45) is 0 Å². The minimum absolute atomic E-state index is 0.110. The van der Waals surface area contributed by atoms with Gasteiger partial charge < -0.3 is 14.2 Å². The first-order valence-electron chi connectivity index (χ1n) is 34.5. The molecule has 0 N–H and O–H groups in total. The smallest absolute Gasteiger partial charge is 0.306 e. The Balaban J connectivity index is 4.38. The van der Waals surface area contributed by atoms with E-state index in [0.717, 1.165) is 109 Å². The van der Waals surface area contributed by atoms with Gasteiger partial charge in [0.2, 0.25) is 0 Å². The fraction of sp³-hybridized carbons (Fsp3) is 0.697. The van der Waals surface area contributed by atoms with Crippen molar-refractivity contribution < 1.29 is 28.6 Å². The molecule has 0 aliphatic heterocycles. The highest BCUT2D eigenvalue weighted by atomic mass is 16.6. The Morgan fingerprint density at radius 2 is 0.488 bits per heavy atom. The molecule has 6 heteroatoms. The van der Waals surface area contributed by atoms with Gasteiger partial charge in [0.05, 0.1) is 0 Å². The topological polar surface area (TPSA) is 78.9 Å². The van der Waals surface area contributed by atoms with Gasteiger partial charge >= 0.3 is 17.9 Å². The van der Waals surface area contributed by atoms with Crippen molar-refractivity contribution in [1.29, 1.82) is 0 Å². The lowest BCUT2D eigenvalue weighted by atomic mass is 10.0. The van der Waals surface area contributed by atoms with Crippen LogP contribution in [-0.2, 0) is 28.6 Å². The molecule has 0 aliphatic carbocycles. The summed E-state index contributed by atoms with van der Waals surface area (Å²) in [5.41, 5.74) is 0. The lowest BCUT2D eigenvalue weighted by molar-refractivity contribution is -0.167. The number of ether oxygens (including phenoxy) is 3. The van der Waals surface area contributed by atoms with Crippen LogP contribution in [0.4, 0.5) is 0 Å². The van der Waals surface area contributed by atoms with Crippen LogP contribution in [0.15, 0.2) is 122 Å². The molecule has 0 saturated carbocycles. The van der Waals surface area contributed by atoms with E-state index in [1.165, 1.54) is 161 Å². The predicted molar refractivity (Wildman–Crippen MR) is 357 cm³/mol. The summed E-state index contributed by atoms with van der Waals surface area (Å²) >= 11 is 0. The third kappa shape index (κ3) is 66.6. The summed E-state index contributed by atoms with van der Waals surface area (Å²) in [7, 11) is 0. The van der Waals surface area contributed by atoms with Crippen molar-refractivity contribution in [1.82, 2.24) is 0 Å². The molecule has 0 rings (SSSR count). The number of carbonyl (C=O) groups is 3. The van der Waals surface area contributed by atoms with Gasteiger partial charge in [-0.3, -0.25) is 14.4 Å². The highest BCUT2D eigenvalue weighted by Gasteiger charge is 2.19. The number of carbonyl (C=O) groups excluding carboxylic acids is 3. The van der Waals surface area contributed by atoms with Crippen molar-refractivity contribution >= 4 is 17.9 Å². The lowest BCUT2D eigenvalue weighted by Gasteiger charge is -2.18. The maximum absolute atomic E-state index is 12.9. The van der Waals surface area contributed by atoms with E-state index in [2.05, 4.69) is 142 Å². The number of allylic oxidation sites excluding steroid dienone is 20. The number of hydrogen-bond acceptors (Lipinski definition) is 6. The van der Waals surface area contributed by atoms with Gasteiger partial charge in [0.15, 0.2) is 6.10 Å². The summed E-state index contributed by atoms with van der Waals surface area (Å²) in [5.74, 6) is -0.994. The van der Waals surface area contributed by atoms with Gasteiger partial charge in [-0.2, -0.15) is 0 Å². The predicted octanol–water partition coefficient (Wildman–Crippen LogP) is 23.9. The molecular formula is C76H128O6. The van der Waals surface area contributed by atoms with E-state index in [1.807, 2.05) is 0 Å². The highest BCUT2D eigenvalue weighted by molar-refractivity contribution is 5.71. The Labute approximate surface area is 507 Å². The van der Waals surface area contributed by atoms with Crippen LogP contribution in [0.25, 0.3) is 0 Å². The second kappa shape index (κ2) is 69.3. The molecule has 0 aromatic heterocycles. The van der Waals surface area contributed by atoms with E-state index < -0.39 is 6.10 Å². The first-order chi connectivity index (χ1) is 40.5.